The number of rotatable bonds is 3. The van der Waals surface area contributed by atoms with E-state index in [9.17, 15) is 19.4 Å². The average Bonchev–Trinajstić information content (AvgIpc) is 3.11. The second-order valence-electron chi connectivity index (χ2n) is 7.45. The third-order valence-corrected chi connectivity index (χ3v) is 5.60. The third kappa shape index (κ3) is 2.87. The van der Waals surface area contributed by atoms with Crippen LogP contribution in [0.25, 0.3) is 21.9 Å². The Labute approximate surface area is 172 Å². The molecule has 4 aromatic rings. The second kappa shape index (κ2) is 6.88. The van der Waals surface area contributed by atoms with Gasteiger partial charge in [-0.05, 0) is 82.1 Å². The molecule has 1 aliphatic carbocycles. The van der Waals surface area contributed by atoms with Gasteiger partial charge in [0, 0.05) is 16.6 Å². The molecule has 0 aromatic heterocycles. The summed E-state index contributed by atoms with van der Waals surface area (Å²) in [6.07, 6.45) is 0.640. The summed E-state index contributed by atoms with van der Waals surface area (Å²) in [6.45, 7) is -0.625. The molecule has 0 saturated carbocycles. The molecule has 5 heteroatoms. The first-order valence-electron chi connectivity index (χ1n) is 9.61. The van der Waals surface area contributed by atoms with Crippen LogP contribution in [0.1, 0.15) is 27.0 Å². The number of anilines is 1. The Bertz CT molecular complexity index is 1310. The van der Waals surface area contributed by atoms with Crippen LogP contribution in [-0.4, -0.2) is 16.1 Å². The average molecular weight is 399 g/mol. The Hall–Kier alpha value is -3.86. The van der Waals surface area contributed by atoms with Crippen molar-refractivity contribution in [3.05, 3.63) is 89.0 Å². The van der Waals surface area contributed by atoms with E-state index in [-0.39, 0.29) is 17.4 Å². The summed E-state index contributed by atoms with van der Waals surface area (Å²) in [7, 11) is 0. The highest BCUT2D eigenvalue weighted by atomic mass is 19.1. The lowest BCUT2D eigenvalue weighted by atomic mass is 9.93. The van der Waals surface area contributed by atoms with E-state index in [1.807, 2.05) is 18.2 Å². The molecule has 30 heavy (non-hydrogen) atoms. The molecule has 0 heterocycles. The molecule has 5 rings (SSSR count). The molecule has 0 bridgehead atoms. The number of carbonyl (C=O) groups is 1. The van der Waals surface area contributed by atoms with E-state index in [0.717, 1.165) is 27.6 Å². The Morgan fingerprint density at radius 3 is 2.53 bits per heavy atom. The lowest BCUT2D eigenvalue weighted by Crippen LogP contribution is -2.11. The Morgan fingerprint density at radius 1 is 0.967 bits per heavy atom. The van der Waals surface area contributed by atoms with Crippen molar-refractivity contribution in [2.24, 2.45) is 0 Å². The summed E-state index contributed by atoms with van der Waals surface area (Å²) < 4.78 is 13.7. The van der Waals surface area contributed by atoms with Crippen LogP contribution in [0.5, 0.6) is 11.5 Å². The van der Waals surface area contributed by atoms with Crippen molar-refractivity contribution >= 4 is 22.4 Å². The minimum Gasteiger partial charge on any atom is -0.508 e. The summed E-state index contributed by atoms with van der Waals surface area (Å²) in [4.78, 5) is 12.6. The predicted molar refractivity (Wildman–Crippen MR) is 115 cm³/mol. The number of benzene rings is 4. The molecule has 0 spiro atoms. The number of halogens is 1. The van der Waals surface area contributed by atoms with Gasteiger partial charge < -0.3 is 15.5 Å². The number of fused-ring (bicyclic) bond motifs is 5. The molecule has 0 saturated heterocycles. The molecule has 0 atom stereocenters. The zero-order chi connectivity index (χ0) is 20.8. The number of alkyl halides is 1. The Kier molecular flexibility index (Phi) is 4.17. The summed E-state index contributed by atoms with van der Waals surface area (Å²) in [5.74, 6) is -0.0413. The number of amides is 1. The smallest absolute Gasteiger partial charge is 0.255 e. The van der Waals surface area contributed by atoms with Crippen LogP contribution in [0.4, 0.5) is 10.1 Å². The lowest BCUT2D eigenvalue weighted by molar-refractivity contribution is 0.102. The minimum absolute atomic E-state index is 0.0967. The maximum Gasteiger partial charge on any atom is 0.255 e. The third-order valence-electron chi connectivity index (χ3n) is 5.60. The van der Waals surface area contributed by atoms with Crippen LogP contribution in [0, 0.1) is 0 Å². The number of phenols is 2. The maximum absolute atomic E-state index is 13.7. The van der Waals surface area contributed by atoms with Gasteiger partial charge in [0.05, 0.1) is 0 Å². The predicted octanol–water partition coefficient (Wildman–Crippen LogP) is 5.54. The standard InChI is InChI=1S/C25H18FNO3/c26-13-16-2-1-3-20-22(29)11-17-10-15-4-7-18(12-21(15)24(17)23(16)20)27-25(30)14-5-8-19(28)9-6-14/h1-9,11-12,28-29H,10,13H2,(H,27,30). The van der Waals surface area contributed by atoms with Gasteiger partial charge in [0.25, 0.3) is 5.91 Å². The van der Waals surface area contributed by atoms with Gasteiger partial charge in [-0.1, -0.05) is 24.3 Å². The van der Waals surface area contributed by atoms with Gasteiger partial charge >= 0.3 is 0 Å². The zero-order valence-corrected chi connectivity index (χ0v) is 15.9. The topological polar surface area (TPSA) is 69.6 Å². The SMILES string of the molecule is O=C(Nc1ccc2c(c1)-c1c(cc(O)c3cccc(CF)c13)C2)c1ccc(O)cc1. The highest BCUT2D eigenvalue weighted by molar-refractivity contribution is 6.08. The van der Waals surface area contributed by atoms with Gasteiger partial charge in [-0.3, -0.25) is 4.79 Å². The second-order valence-corrected chi connectivity index (χ2v) is 7.45. The molecule has 4 aromatic carbocycles. The van der Waals surface area contributed by atoms with Crippen LogP contribution in [0.2, 0.25) is 0 Å². The van der Waals surface area contributed by atoms with Gasteiger partial charge in [-0.2, -0.15) is 0 Å². The fraction of sp³-hybridized carbons (Fsp3) is 0.0800. The lowest BCUT2D eigenvalue weighted by Gasteiger charge is -2.13. The van der Waals surface area contributed by atoms with Crippen LogP contribution >= 0.6 is 0 Å². The summed E-state index contributed by atoms with van der Waals surface area (Å²) in [5, 5.41) is 24.1. The normalized spacial score (nSPS) is 11.9. The van der Waals surface area contributed by atoms with Crippen LogP contribution in [0.15, 0.2) is 66.7 Å². The van der Waals surface area contributed by atoms with Crippen molar-refractivity contribution in [1.29, 1.82) is 0 Å². The molecular formula is C25H18FNO3. The van der Waals surface area contributed by atoms with Crippen molar-refractivity contribution in [2.45, 2.75) is 13.1 Å². The molecule has 3 N–H and O–H groups in total. The highest BCUT2D eigenvalue weighted by Gasteiger charge is 2.24. The van der Waals surface area contributed by atoms with Gasteiger partial charge in [0.1, 0.15) is 18.2 Å². The fourth-order valence-electron chi connectivity index (χ4n) is 4.21. The molecule has 1 amide bonds. The number of nitrogens with one attached hydrogen (secondary N) is 1. The van der Waals surface area contributed by atoms with Crippen LogP contribution < -0.4 is 5.32 Å². The van der Waals surface area contributed by atoms with Gasteiger partial charge in [0.15, 0.2) is 0 Å². The molecule has 0 fully saturated rings. The first kappa shape index (κ1) is 18.2. The number of phenolic OH excluding ortho intramolecular Hbond substituents is 2. The van der Waals surface area contributed by atoms with Gasteiger partial charge in [-0.15, -0.1) is 0 Å². The Balaban J connectivity index is 1.60. The van der Waals surface area contributed by atoms with E-state index < -0.39 is 6.67 Å². The summed E-state index contributed by atoms with van der Waals surface area (Å²) in [5.41, 5.74) is 5.44. The first-order valence-corrected chi connectivity index (χ1v) is 9.61. The number of hydrogen-bond donors (Lipinski definition) is 3. The number of hydrogen-bond acceptors (Lipinski definition) is 3. The monoisotopic (exact) mass is 399 g/mol. The van der Waals surface area contributed by atoms with Gasteiger partial charge in [0.2, 0.25) is 0 Å². The quantitative estimate of drug-likeness (QED) is 0.373. The van der Waals surface area contributed by atoms with E-state index in [1.165, 1.54) is 12.1 Å². The molecule has 0 aliphatic heterocycles. The van der Waals surface area contributed by atoms with E-state index in [4.69, 9.17) is 0 Å². The summed E-state index contributed by atoms with van der Waals surface area (Å²) >= 11 is 0. The molecule has 4 nitrogen and oxygen atoms in total. The zero-order valence-electron chi connectivity index (χ0n) is 15.9. The van der Waals surface area contributed by atoms with Gasteiger partial charge in [-0.25, -0.2) is 4.39 Å². The van der Waals surface area contributed by atoms with E-state index in [1.54, 1.807) is 36.4 Å². The molecule has 0 radical (unpaired) electrons. The van der Waals surface area contributed by atoms with Crippen molar-refractivity contribution in [3.8, 4) is 22.6 Å². The van der Waals surface area contributed by atoms with E-state index in [2.05, 4.69) is 5.32 Å². The molecule has 148 valence electrons. The van der Waals surface area contributed by atoms with E-state index >= 15 is 0 Å². The number of carbonyl (C=O) groups excluding carboxylic acids is 1. The molecule has 1 aliphatic rings. The fourth-order valence-corrected chi connectivity index (χ4v) is 4.21. The van der Waals surface area contributed by atoms with Crippen molar-refractivity contribution in [3.63, 3.8) is 0 Å². The van der Waals surface area contributed by atoms with Crippen molar-refractivity contribution in [2.75, 3.05) is 5.32 Å². The largest absolute Gasteiger partial charge is 0.508 e. The van der Waals surface area contributed by atoms with E-state index in [0.29, 0.717) is 28.6 Å². The molecule has 0 unspecified atom stereocenters. The maximum atomic E-state index is 13.7. The van der Waals surface area contributed by atoms with Crippen molar-refractivity contribution < 1.29 is 19.4 Å². The number of aromatic hydroxyl groups is 2. The minimum atomic E-state index is -0.625. The highest BCUT2D eigenvalue weighted by Crippen LogP contribution is 2.46. The Morgan fingerprint density at radius 2 is 1.77 bits per heavy atom. The van der Waals surface area contributed by atoms with Crippen LogP contribution in [0.3, 0.4) is 0 Å². The first-order chi connectivity index (χ1) is 14.5. The van der Waals surface area contributed by atoms with Crippen molar-refractivity contribution in [1.82, 2.24) is 0 Å². The van der Waals surface area contributed by atoms with Crippen LogP contribution in [-0.2, 0) is 13.1 Å². The molecular weight excluding hydrogens is 381 g/mol. The summed E-state index contributed by atoms with van der Waals surface area (Å²) in [6, 6.07) is 18.7.